The van der Waals surface area contributed by atoms with Gasteiger partial charge in [0.25, 0.3) is 5.91 Å². The normalized spacial score (nSPS) is 9.65. The van der Waals surface area contributed by atoms with Crippen molar-refractivity contribution in [3.05, 3.63) is 52.3 Å². The van der Waals surface area contributed by atoms with Crippen molar-refractivity contribution in [3.63, 3.8) is 0 Å². The van der Waals surface area contributed by atoms with Crippen LogP contribution in [-0.2, 0) is 0 Å². The van der Waals surface area contributed by atoms with E-state index in [0.717, 1.165) is 0 Å². The zero-order chi connectivity index (χ0) is 14.5. The van der Waals surface area contributed by atoms with Gasteiger partial charge in [0.1, 0.15) is 10.4 Å². The van der Waals surface area contributed by atoms with Crippen LogP contribution in [0.2, 0.25) is 0 Å². The van der Waals surface area contributed by atoms with E-state index in [2.05, 4.69) is 26.2 Å². The lowest BCUT2D eigenvalue weighted by atomic mass is 10.2. The molecule has 100 valence electrons. The van der Waals surface area contributed by atoms with Crippen LogP contribution in [0, 0.1) is 11.3 Å². The number of ether oxygens (including phenoxy) is 1. The molecule has 0 aliphatic rings. The molecule has 1 heterocycles. The van der Waals surface area contributed by atoms with Crippen LogP contribution in [0.15, 0.2) is 41.1 Å². The molecule has 2 aromatic rings. The molecule has 0 saturated heterocycles. The summed E-state index contributed by atoms with van der Waals surface area (Å²) in [5, 5.41) is 11.6. The molecular formula is C14H10BrN3O2. The average Bonchev–Trinajstić information content (AvgIpc) is 2.48. The number of nitriles is 1. The highest BCUT2D eigenvalue weighted by atomic mass is 79.9. The quantitative estimate of drug-likeness (QED) is 0.877. The van der Waals surface area contributed by atoms with Gasteiger partial charge in [0.2, 0.25) is 0 Å². The van der Waals surface area contributed by atoms with Crippen molar-refractivity contribution in [2.24, 2.45) is 0 Å². The smallest absolute Gasteiger partial charge is 0.258 e. The van der Waals surface area contributed by atoms with Gasteiger partial charge < -0.3 is 10.1 Å². The summed E-state index contributed by atoms with van der Waals surface area (Å²) in [5.74, 6) is 0.116. The number of rotatable bonds is 3. The molecule has 1 N–H and O–H groups in total. The summed E-state index contributed by atoms with van der Waals surface area (Å²) in [7, 11) is 1.48. The monoisotopic (exact) mass is 331 g/mol. The Hall–Kier alpha value is -2.39. The van der Waals surface area contributed by atoms with Gasteiger partial charge in [0, 0.05) is 12.3 Å². The van der Waals surface area contributed by atoms with E-state index in [-0.39, 0.29) is 5.91 Å². The summed E-state index contributed by atoms with van der Waals surface area (Å²) in [6.07, 6.45) is 1.59. The minimum atomic E-state index is -0.312. The molecule has 6 heteroatoms. The molecule has 0 radical (unpaired) electrons. The van der Waals surface area contributed by atoms with Crippen LogP contribution in [0.5, 0.6) is 5.75 Å². The number of hydrogen-bond donors (Lipinski definition) is 1. The predicted octanol–water partition coefficient (Wildman–Crippen LogP) is 2.98. The van der Waals surface area contributed by atoms with Crippen molar-refractivity contribution in [2.45, 2.75) is 0 Å². The second-order valence-corrected chi connectivity index (χ2v) is 4.57. The van der Waals surface area contributed by atoms with Crippen LogP contribution < -0.4 is 10.1 Å². The molecule has 5 nitrogen and oxygen atoms in total. The van der Waals surface area contributed by atoms with E-state index >= 15 is 0 Å². The summed E-state index contributed by atoms with van der Waals surface area (Å²) < 4.78 is 5.62. The van der Waals surface area contributed by atoms with Gasteiger partial charge >= 0.3 is 0 Å². The minimum Gasteiger partial charge on any atom is -0.495 e. The van der Waals surface area contributed by atoms with Crippen LogP contribution >= 0.6 is 15.9 Å². The standard InChI is InChI=1S/C14H10BrN3O2/c1-20-12-7-9(8-16)4-5-11(12)18-14(19)10-3-2-6-17-13(10)15/h2-7H,1H3,(H,18,19). The minimum absolute atomic E-state index is 0.312. The van der Waals surface area contributed by atoms with E-state index in [9.17, 15) is 4.79 Å². The Morgan fingerprint density at radius 1 is 1.45 bits per heavy atom. The third-order valence-corrected chi connectivity index (χ3v) is 3.21. The predicted molar refractivity (Wildman–Crippen MR) is 77.6 cm³/mol. The van der Waals surface area contributed by atoms with Gasteiger partial charge in [-0.15, -0.1) is 0 Å². The van der Waals surface area contributed by atoms with E-state index in [1.165, 1.54) is 7.11 Å². The number of aromatic nitrogens is 1. The second kappa shape index (κ2) is 6.17. The number of amides is 1. The number of benzene rings is 1. The Bertz CT molecular complexity index is 695. The molecule has 1 amide bonds. The number of methoxy groups -OCH3 is 1. The van der Waals surface area contributed by atoms with Gasteiger partial charge in [-0.2, -0.15) is 5.26 Å². The molecule has 0 fully saturated rings. The molecule has 0 spiro atoms. The van der Waals surface area contributed by atoms with E-state index in [0.29, 0.717) is 27.2 Å². The lowest BCUT2D eigenvalue weighted by molar-refractivity contribution is 0.102. The summed E-state index contributed by atoms with van der Waals surface area (Å²) in [6.45, 7) is 0. The number of pyridine rings is 1. The van der Waals surface area contributed by atoms with Crippen molar-refractivity contribution in [3.8, 4) is 11.8 Å². The summed E-state index contributed by atoms with van der Waals surface area (Å²) in [5.41, 5.74) is 1.37. The Labute approximate surface area is 124 Å². The molecule has 1 aromatic carbocycles. The summed E-state index contributed by atoms with van der Waals surface area (Å²) >= 11 is 3.22. The molecule has 0 aliphatic carbocycles. The van der Waals surface area contributed by atoms with E-state index in [1.54, 1.807) is 36.5 Å². The summed E-state index contributed by atoms with van der Waals surface area (Å²) in [6, 6.07) is 10.1. The van der Waals surface area contributed by atoms with E-state index in [1.807, 2.05) is 6.07 Å². The third kappa shape index (κ3) is 2.95. The summed E-state index contributed by atoms with van der Waals surface area (Å²) in [4.78, 5) is 16.1. The number of halogens is 1. The number of nitrogens with one attached hydrogen (secondary N) is 1. The highest BCUT2D eigenvalue weighted by Gasteiger charge is 2.13. The highest BCUT2D eigenvalue weighted by molar-refractivity contribution is 9.10. The molecule has 0 unspecified atom stereocenters. The van der Waals surface area contributed by atoms with Crippen LogP contribution in [0.4, 0.5) is 5.69 Å². The molecule has 20 heavy (non-hydrogen) atoms. The van der Waals surface area contributed by atoms with Crippen molar-refractivity contribution in [1.29, 1.82) is 5.26 Å². The lowest BCUT2D eigenvalue weighted by Gasteiger charge is -2.10. The topological polar surface area (TPSA) is 75.0 Å². The van der Waals surface area contributed by atoms with Gasteiger partial charge in [-0.05, 0) is 40.2 Å². The first-order chi connectivity index (χ1) is 9.65. The second-order valence-electron chi connectivity index (χ2n) is 3.82. The fraction of sp³-hybridized carbons (Fsp3) is 0.0714. The lowest BCUT2D eigenvalue weighted by Crippen LogP contribution is -2.13. The van der Waals surface area contributed by atoms with Crippen molar-refractivity contribution < 1.29 is 9.53 Å². The molecule has 0 aliphatic heterocycles. The number of nitrogens with zero attached hydrogens (tertiary/aromatic N) is 2. The number of anilines is 1. The molecule has 1 aromatic heterocycles. The first-order valence-corrected chi connectivity index (χ1v) is 6.45. The molecule has 0 atom stereocenters. The van der Waals surface area contributed by atoms with Crippen molar-refractivity contribution in [1.82, 2.24) is 4.98 Å². The zero-order valence-corrected chi connectivity index (χ0v) is 12.1. The fourth-order valence-corrected chi connectivity index (χ4v) is 2.04. The van der Waals surface area contributed by atoms with Gasteiger partial charge in [-0.25, -0.2) is 4.98 Å². The first kappa shape index (κ1) is 14.0. The van der Waals surface area contributed by atoms with Crippen molar-refractivity contribution in [2.75, 3.05) is 12.4 Å². The highest BCUT2D eigenvalue weighted by Crippen LogP contribution is 2.26. The molecule has 0 saturated carbocycles. The number of carbonyl (C=O) groups excluding carboxylic acids is 1. The maximum Gasteiger partial charge on any atom is 0.258 e. The van der Waals surface area contributed by atoms with Gasteiger partial charge in [0.05, 0.1) is 30.0 Å². The average molecular weight is 332 g/mol. The maximum absolute atomic E-state index is 12.2. The zero-order valence-electron chi connectivity index (χ0n) is 10.6. The van der Waals surface area contributed by atoms with E-state index in [4.69, 9.17) is 10.00 Å². The Balaban J connectivity index is 2.29. The van der Waals surface area contributed by atoms with E-state index < -0.39 is 0 Å². The van der Waals surface area contributed by atoms with Gasteiger partial charge in [-0.1, -0.05) is 0 Å². The largest absolute Gasteiger partial charge is 0.495 e. The van der Waals surface area contributed by atoms with Crippen molar-refractivity contribution >= 4 is 27.5 Å². The maximum atomic E-state index is 12.2. The van der Waals surface area contributed by atoms with Crippen LogP contribution in [0.25, 0.3) is 0 Å². The molecule has 0 bridgehead atoms. The molecular weight excluding hydrogens is 322 g/mol. The number of hydrogen-bond acceptors (Lipinski definition) is 4. The Morgan fingerprint density at radius 3 is 2.90 bits per heavy atom. The SMILES string of the molecule is COc1cc(C#N)ccc1NC(=O)c1cccnc1Br. The molecule has 2 rings (SSSR count). The first-order valence-electron chi connectivity index (χ1n) is 5.65. The van der Waals surface area contributed by atoms with Crippen LogP contribution in [-0.4, -0.2) is 18.0 Å². The number of carbonyl (C=O) groups is 1. The van der Waals surface area contributed by atoms with Crippen LogP contribution in [0.1, 0.15) is 15.9 Å². The Morgan fingerprint density at radius 2 is 2.25 bits per heavy atom. The third-order valence-electron chi connectivity index (χ3n) is 2.58. The Kier molecular flexibility index (Phi) is 4.33. The van der Waals surface area contributed by atoms with Gasteiger partial charge in [0.15, 0.2) is 0 Å². The van der Waals surface area contributed by atoms with Crippen LogP contribution in [0.3, 0.4) is 0 Å². The fourth-order valence-electron chi connectivity index (χ4n) is 1.61. The van der Waals surface area contributed by atoms with Gasteiger partial charge in [-0.3, -0.25) is 4.79 Å².